The molecular formula is C23H34N4O2S. The normalized spacial score (nSPS) is 16.3. The molecule has 1 saturated heterocycles. The average molecular weight is 431 g/mol. The quantitative estimate of drug-likeness (QED) is 0.597. The van der Waals surface area contributed by atoms with Crippen molar-refractivity contribution in [2.24, 2.45) is 0 Å². The molecule has 0 unspecified atom stereocenters. The molecule has 1 aliphatic heterocycles. The van der Waals surface area contributed by atoms with E-state index in [0.717, 1.165) is 62.1 Å². The van der Waals surface area contributed by atoms with Crippen LogP contribution in [0.3, 0.4) is 0 Å². The van der Waals surface area contributed by atoms with Gasteiger partial charge in [-0.25, -0.2) is 0 Å². The van der Waals surface area contributed by atoms with Gasteiger partial charge in [0, 0.05) is 37.3 Å². The number of hydrogen-bond acceptors (Lipinski definition) is 4. The predicted octanol–water partition coefficient (Wildman–Crippen LogP) is 3.03. The van der Waals surface area contributed by atoms with E-state index in [1.54, 1.807) is 0 Å². The molecule has 2 heterocycles. The van der Waals surface area contributed by atoms with Gasteiger partial charge in [0.05, 0.1) is 12.6 Å². The average Bonchev–Trinajstić information content (AvgIpc) is 3.26. The Hall–Kier alpha value is -1.96. The van der Waals surface area contributed by atoms with Gasteiger partial charge in [-0.15, -0.1) is 0 Å². The highest BCUT2D eigenvalue weighted by atomic mass is 32.1. The Morgan fingerprint density at radius 2 is 2.07 bits per heavy atom. The summed E-state index contributed by atoms with van der Waals surface area (Å²) in [6, 6.07) is 8.07. The van der Waals surface area contributed by atoms with Gasteiger partial charge in [0.25, 0.3) is 5.56 Å². The molecule has 164 valence electrons. The lowest BCUT2D eigenvalue weighted by Crippen LogP contribution is -2.46. The fourth-order valence-electron chi connectivity index (χ4n) is 3.87. The van der Waals surface area contributed by atoms with Gasteiger partial charge in [0.2, 0.25) is 0 Å². The van der Waals surface area contributed by atoms with Gasteiger partial charge < -0.3 is 24.8 Å². The third-order valence-corrected chi connectivity index (χ3v) is 6.21. The molecule has 2 aromatic rings. The zero-order valence-corrected chi connectivity index (χ0v) is 19.2. The number of thiocarbonyl (C=S) groups is 1. The van der Waals surface area contributed by atoms with Crippen LogP contribution in [0.4, 0.5) is 0 Å². The number of ether oxygens (including phenoxy) is 1. The first-order chi connectivity index (χ1) is 14.5. The van der Waals surface area contributed by atoms with Gasteiger partial charge in [-0.05, 0) is 68.7 Å². The molecule has 0 radical (unpaired) electrons. The number of H-pyrrole nitrogens is 1. The number of aromatic nitrogens is 1. The Labute approximate surface area is 184 Å². The standard InChI is InChI=1S/C23H34N4O2S/c1-4-26(5-2)10-11-27(23(30)24-15-20-7-6-12-29-20)16-19-14-18-13-17(3)8-9-21(18)25-22(19)28/h8-9,13-14,20H,4-7,10-12,15-16H2,1-3H3,(H,24,30)(H,25,28)/t20-/m0/s1. The minimum absolute atomic E-state index is 0.0545. The van der Waals surface area contributed by atoms with Crippen LogP contribution < -0.4 is 10.9 Å². The number of benzene rings is 1. The minimum Gasteiger partial charge on any atom is -0.376 e. The van der Waals surface area contributed by atoms with Crippen molar-refractivity contribution in [3.05, 3.63) is 45.7 Å². The summed E-state index contributed by atoms with van der Waals surface area (Å²) in [6.07, 6.45) is 2.40. The summed E-state index contributed by atoms with van der Waals surface area (Å²) < 4.78 is 5.71. The summed E-state index contributed by atoms with van der Waals surface area (Å²) in [5, 5.41) is 5.10. The lowest BCUT2D eigenvalue weighted by atomic mass is 10.1. The number of nitrogens with zero attached hydrogens (tertiary/aromatic N) is 2. The highest BCUT2D eigenvalue weighted by molar-refractivity contribution is 7.80. The first kappa shape index (κ1) is 22.7. The van der Waals surface area contributed by atoms with Crippen LogP contribution in [0.15, 0.2) is 29.1 Å². The van der Waals surface area contributed by atoms with Crippen LogP contribution >= 0.6 is 12.2 Å². The number of rotatable bonds is 9. The Bertz CT molecular complexity index is 904. The van der Waals surface area contributed by atoms with Crippen molar-refractivity contribution in [3.8, 4) is 0 Å². The molecule has 1 atom stereocenters. The third kappa shape index (κ3) is 6.03. The molecule has 1 aromatic heterocycles. The van der Waals surface area contributed by atoms with Crippen molar-refractivity contribution in [2.75, 3.05) is 39.3 Å². The molecule has 30 heavy (non-hydrogen) atoms. The summed E-state index contributed by atoms with van der Waals surface area (Å²) in [5.74, 6) is 0. The van der Waals surface area contributed by atoms with Crippen LogP contribution in [0, 0.1) is 6.92 Å². The van der Waals surface area contributed by atoms with Crippen LogP contribution in [0.25, 0.3) is 10.9 Å². The van der Waals surface area contributed by atoms with E-state index in [-0.39, 0.29) is 11.7 Å². The number of likely N-dealkylation sites (N-methyl/N-ethyl adjacent to an activating group) is 1. The zero-order valence-electron chi connectivity index (χ0n) is 18.4. The lowest BCUT2D eigenvalue weighted by molar-refractivity contribution is 0.113. The zero-order chi connectivity index (χ0) is 21.5. The number of aryl methyl sites for hydroxylation is 1. The Morgan fingerprint density at radius 1 is 1.27 bits per heavy atom. The highest BCUT2D eigenvalue weighted by Crippen LogP contribution is 2.15. The summed E-state index contributed by atoms with van der Waals surface area (Å²) in [5.41, 5.74) is 2.71. The second-order valence-electron chi connectivity index (χ2n) is 7.98. The Kier molecular flexibility index (Phi) is 8.24. The summed E-state index contributed by atoms with van der Waals surface area (Å²) in [6.45, 7) is 12.1. The summed E-state index contributed by atoms with van der Waals surface area (Å²) in [4.78, 5) is 20.2. The van der Waals surface area contributed by atoms with Crippen LogP contribution in [-0.4, -0.2) is 65.3 Å². The van der Waals surface area contributed by atoms with Gasteiger partial charge in [0.1, 0.15) is 0 Å². The number of pyridine rings is 1. The van der Waals surface area contributed by atoms with E-state index in [1.165, 1.54) is 5.56 Å². The largest absolute Gasteiger partial charge is 0.376 e. The lowest BCUT2D eigenvalue weighted by Gasteiger charge is -2.29. The molecule has 0 amide bonds. The van der Waals surface area contributed by atoms with Crippen molar-refractivity contribution in [2.45, 2.75) is 46.3 Å². The maximum absolute atomic E-state index is 12.7. The number of fused-ring (bicyclic) bond motifs is 1. The van der Waals surface area contributed by atoms with Crippen LogP contribution in [-0.2, 0) is 11.3 Å². The summed E-state index contributed by atoms with van der Waals surface area (Å²) >= 11 is 5.72. The maximum atomic E-state index is 12.7. The molecule has 0 spiro atoms. The molecule has 3 rings (SSSR count). The number of hydrogen-bond donors (Lipinski definition) is 2. The van der Waals surface area contributed by atoms with Crippen molar-refractivity contribution in [1.29, 1.82) is 0 Å². The smallest absolute Gasteiger partial charge is 0.253 e. The molecular weight excluding hydrogens is 396 g/mol. The first-order valence-electron chi connectivity index (χ1n) is 11.0. The molecule has 0 bridgehead atoms. The van der Waals surface area contributed by atoms with Crippen molar-refractivity contribution >= 4 is 28.2 Å². The highest BCUT2D eigenvalue weighted by Gasteiger charge is 2.18. The van der Waals surface area contributed by atoms with Crippen molar-refractivity contribution in [3.63, 3.8) is 0 Å². The second-order valence-corrected chi connectivity index (χ2v) is 8.37. The van der Waals surface area contributed by atoms with Crippen molar-refractivity contribution in [1.82, 2.24) is 20.1 Å². The van der Waals surface area contributed by atoms with E-state index in [4.69, 9.17) is 17.0 Å². The van der Waals surface area contributed by atoms with Gasteiger partial charge in [-0.2, -0.15) is 0 Å². The van der Waals surface area contributed by atoms with Gasteiger partial charge in [-0.1, -0.05) is 25.5 Å². The molecule has 1 aromatic carbocycles. The second kappa shape index (κ2) is 10.9. The first-order valence-corrected chi connectivity index (χ1v) is 11.4. The molecule has 1 fully saturated rings. The third-order valence-electron chi connectivity index (χ3n) is 5.81. The van der Waals surface area contributed by atoms with Crippen molar-refractivity contribution < 1.29 is 4.74 Å². The van der Waals surface area contributed by atoms with Crippen LogP contribution in [0.2, 0.25) is 0 Å². The molecule has 1 aliphatic rings. The molecule has 6 nitrogen and oxygen atoms in total. The fourth-order valence-corrected chi connectivity index (χ4v) is 4.11. The van der Waals surface area contributed by atoms with E-state index in [0.29, 0.717) is 18.2 Å². The monoisotopic (exact) mass is 430 g/mol. The van der Waals surface area contributed by atoms with Gasteiger partial charge in [-0.3, -0.25) is 4.79 Å². The molecule has 0 aliphatic carbocycles. The summed E-state index contributed by atoms with van der Waals surface area (Å²) in [7, 11) is 0. The Morgan fingerprint density at radius 3 is 2.77 bits per heavy atom. The van der Waals surface area contributed by atoms with Gasteiger partial charge >= 0.3 is 0 Å². The van der Waals surface area contributed by atoms with Crippen LogP contribution in [0.1, 0.15) is 37.8 Å². The number of nitrogens with one attached hydrogen (secondary N) is 2. The molecule has 7 heteroatoms. The topological polar surface area (TPSA) is 60.6 Å². The minimum atomic E-state index is -0.0545. The van der Waals surface area contributed by atoms with Gasteiger partial charge in [0.15, 0.2) is 5.11 Å². The van der Waals surface area contributed by atoms with E-state index in [1.807, 2.05) is 18.2 Å². The number of aromatic amines is 1. The van der Waals surface area contributed by atoms with E-state index >= 15 is 0 Å². The van der Waals surface area contributed by atoms with E-state index < -0.39 is 0 Å². The molecule has 0 saturated carbocycles. The predicted molar refractivity (Wildman–Crippen MR) is 127 cm³/mol. The van der Waals surface area contributed by atoms with E-state index in [9.17, 15) is 4.79 Å². The van der Waals surface area contributed by atoms with E-state index in [2.05, 4.69) is 46.9 Å². The maximum Gasteiger partial charge on any atom is 0.253 e. The Balaban J connectivity index is 1.76. The van der Waals surface area contributed by atoms with Crippen LogP contribution in [0.5, 0.6) is 0 Å². The SMILES string of the molecule is CCN(CC)CCN(Cc1cc2cc(C)ccc2[nH]c1=O)C(=S)NC[C@@H]1CCCO1. The molecule has 2 N–H and O–H groups in total. The fraction of sp³-hybridized carbons (Fsp3) is 0.565.